The van der Waals surface area contributed by atoms with Crippen LogP contribution in [0.25, 0.3) is 0 Å². The van der Waals surface area contributed by atoms with Crippen molar-refractivity contribution in [3.05, 3.63) is 29.8 Å². The van der Waals surface area contributed by atoms with E-state index in [1.165, 1.54) is 0 Å². The second-order valence-electron chi connectivity index (χ2n) is 2.68. The molecule has 0 bridgehead atoms. The Morgan fingerprint density at radius 1 is 1.42 bits per heavy atom. The molecule has 12 heavy (non-hydrogen) atoms. The van der Waals surface area contributed by atoms with Crippen molar-refractivity contribution in [2.24, 2.45) is 0 Å². The van der Waals surface area contributed by atoms with Crippen LogP contribution in [0.2, 0.25) is 0 Å². The first kappa shape index (κ1) is 9.29. The first-order valence-electron chi connectivity index (χ1n) is 4.15. The van der Waals surface area contributed by atoms with Gasteiger partial charge >= 0.3 is 0 Å². The van der Waals surface area contributed by atoms with Gasteiger partial charge in [-0.05, 0) is 24.6 Å². The standard InChI is InChI=1S/C9H14O2Si/c1-7(10)8-2-4-9(5-3-8)11-6-12/h2-5,7,10H,6H2,1,12H3. The second kappa shape index (κ2) is 4.28. The van der Waals surface area contributed by atoms with Gasteiger partial charge in [0.15, 0.2) is 0 Å². The summed E-state index contributed by atoms with van der Waals surface area (Å²) in [4.78, 5) is 0. The third-order valence-corrected chi connectivity index (χ3v) is 1.96. The highest BCUT2D eigenvalue weighted by molar-refractivity contribution is 6.08. The van der Waals surface area contributed by atoms with E-state index >= 15 is 0 Å². The third-order valence-electron chi connectivity index (χ3n) is 1.67. The summed E-state index contributed by atoms with van der Waals surface area (Å²) in [5, 5.41) is 9.21. The summed E-state index contributed by atoms with van der Waals surface area (Å²) in [7, 11) is 1.05. The van der Waals surface area contributed by atoms with Crippen molar-refractivity contribution in [3.8, 4) is 5.75 Å². The Kier molecular flexibility index (Phi) is 3.31. The summed E-state index contributed by atoms with van der Waals surface area (Å²) >= 11 is 0. The van der Waals surface area contributed by atoms with Gasteiger partial charge in [0.1, 0.15) is 5.75 Å². The topological polar surface area (TPSA) is 29.5 Å². The highest BCUT2D eigenvalue weighted by Gasteiger charge is 1.99. The van der Waals surface area contributed by atoms with Crippen molar-refractivity contribution in [3.63, 3.8) is 0 Å². The van der Waals surface area contributed by atoms with Crippen molar-refractivity contribution in [1.29, 1.82) is 0 Å². The normalized spacial score (nSPS) is 12.8. The number of hydrogen-bond donors (Lipinski definition) is 1. The van der Waals surface area contributed by atoms with Crippen LogP contribution in [0.3, 0.4) is 0 Å². The fourth-order valence-corrected chi connectivity index (χ4v) is 1.34. The number of benzene rings is 1. The van der Waals surface area contributed by atoms with Crippen LogP contribution < -0.4 is 4.74 Å². The van der Waals surface area contributed by atoms with Crippen molar-refractivity contribution in [1.82, 2.24) is 0 Å². The van der Waals surface area contributed by atoms with Gasteiger partial charge in [-0.3, -0.25) is 0 Å². The van der Waals surface area contributed by atoms with E-state index in [0.29, 0.717) is 0 Å². The molecule has 0 fully saturated rings. The predicted octanol–water partition coefficient (Wildman–Crippen LogP) is 0.442. The SMILES string of the molecule is CC(O)c1ccc(OC[SiH3])cc1. The smallest absolute Gasteiger partial charge is 0.118 e. The van der Waals surface area contributed by atoms with Crippen LogP contribution in [-0.4, -0.2) is 21.6 Å². The molecule has 2 nitrogen and oxygen atoms in total. The van der Waals surface area contributed by atoms with Crippen LogP contribution >= 0.6 is 0 Å². The Bertz CT molecular complexity index is 231. The Morgan fingerprint density at radius 2 is 2.00 bits per heavy atom. The summed E-state index contributed by atoms with van der Waals surface area (Å²) < 4.78 is 5.32. The van der Waals surface area contributed by atoms with Crippen LogP contribution in [0.4, 0.5) is 0 Å². The molecule has 0 spiro atoms. The molecule has 1 N–H and O–H groups in total. The molecule has 1 unspecified atom stereocenters. The van der Waals surface area contributed by atoms with E-state index in [1.807, 2.05) is 24.3 Å². The molecular formula is C9H14O2Si. The highest BCUT2D eigenvalue weighted by atomic mass is 28.1. The maximum absolute atomic E-state index is 9.21. The zero-order valence-electron chi connectivity index (χ0n) is 7.45. The van der Waals surface area contributed by atoms with Crippen molar-refractivity contribution in [2.45, 2.75) is 13.0 Å². The van der Waals surface area contributed by atoms with E-state index in [0.717, 1.165) is 27.8 Å². The van der Waals surface area contributed by atoms with Crippen molar-refractivity contribution < 1.29 is 9.84 Å². The molecule has 0 aliphatic carbocycles. The minimum absolute atomic E-state index is 0.393. The van der Waals surface area contributed by atoms with Gasteiger partial charge in [-0.2, -0.15) is 0 Å². The number of aliphatic hydroxyl groups excluding tert-OH is 1. The molecule has 66 valence electrons. The lowest BCUT2D eigenvalue weighted by Gasteiger charge is -2.06. The minimum atomic E-state index is -0.393. The van der Waals surface area contributed by atoms with Gasteiger partial charge in [0.2, 0.25) is 0 Å². The Morgan fingerprint density at radius 3 is 2.42 bits per heavy atom. The molecule has 0 aliphatic rings. The van der Waals surface area contributed by atoms with E-state index in [9.17, 15) is 5.11 Å². The van der Waals surface area contributed by atoms with Gasteiger partial charge in [0.05, 0.1) is 22.6 Å². The molecule has 0 saturated carbocycles. The average molecular weight is 182 g/mol. The van der Waals surface area contributed by atoms with Gasteiger partial charge in [-0.15, -0.1) is 0 Å². The van der Waals surface area contributed by atoms with Gasteiger partial charge in [0, 0.05) is 0 Å². The molecule has 1 atom stereocenters. The molecule has 1 aromatic carbocycles. The van der Waals surface area contributed by atoms with Crippen LogP contribution in [0.15, 0.2) is 24.3 Å². The second-order valence-corrected chi connectivity index (χ2v) is 3.26. The van der Waals surface area contributed by atoms with Crippen LogP contribution in [-0.2, 0) is 0 Å². The molecule has 0 saturated heterocycles. The Balaban J connectivity index is 2.71. The molecular weight excluding hydrogens is 168 g/mol. The summed E-state index contributed by atoms with van der Waals surface area (Å²) in [5.41, 5.74) is 0.927. The van der Waals surface area contributed by atoms with E-state index in [1.54, 1.807) is 6.92 Å². The van der Waals surface area contributed by atoms with E-state index in [-0.39, 0.29) is 0 Å². The summed E-state index contributed by atoms with van der Waals surface area (Å²) in [6, 6.07) is 7.55. The number of rotatable bonds is 3. The first-order valence-corrected chi connectivity index (χ1v) is 5.56. The third kappa shape index (κ3) is 2.36. The fraction of sp³-hybridized carbons (Fsp3) is 0.333. The first-order chi connectivity index (χ1) is 5.74. The maximum atomic E-state index is 9.21. The zero-order chi connectivity index (χ0) is 8.97. The largest absolute Gasteiger partial charge is 0.498 e. The summed E-state index contributed by atoms with van der Waals surface area (Å²) in [6.07, 6.45) is 0.420. The lowest BCUT2D eigenvalue weighted by Crippen LogP contribution is -1.96. The van der Waals surface area contributed by atoms with E-state index < -0.39 is 6.10 Å². The molecule has 0 amide bonds. The predicted molar refractivity (Wildman–Crippen MR) is 52.5 cm³/mol. The molecule has 1 rings (SSSR count). The minimum Gasteiger partial charge on any atom is -0.498 e. The van der Waals surface area contributed by atoms with Gasteiger partial charge in [-0.1, -0.05) is 12.1 Å². The fourth-order valence-electron chi connectivity index (χ4n) is 1.01. The highest BCUT2D eigenvalue weighted by Crippen LogP contribution is 2.16. The summed E-state index contributed by atoms with van der Waals surface area (Å²) in [6.45, 7) is 1.75. The van der Waals surface area contributed by atoms with E-state index in [2.05, 4.69) is 0 Å². The maximum Gasteiger partial charge on any atom is 0.118 e. The van der Waals surface area contributed by atoms with Crippen LogP contribution in [0.5, 0.6) is 5.75 Å². The van der Waals surface area contributed by atoms with Gasteiger partial charge < -0.3 is 9.84 Å². The average Bonchev–Trinajstić information content (AvgIpc) is 2.06. The molecule has 0 aromatic heterocycles. The van der Waals surface area contributed by atoms with Crippen molar-refractivity contribution >= 4 is 10.2 Å². The van der Waals surface area contributed by atoms with Gasteiger partial charge in [-0.25, -0.2) is 0 Å². The molecule has 0 heterocycles. The summed E-state index contributed by atoms with van der Waals surface area (Å²) in [5.74, 6) is 0.884. The van der Waals surface area contributed by atoms with Gasteiger partial charge in [0.25, 0.3) is 0 Å². The quantitative estimate of drug-likeness (QED) is 0.687. The lowest BCUT2D eigenvalue weighted by molar-refractivity contribution is 0.199. The monoisotopic (exact) mass is 182 g/mol. The number of aliphatic hydroxyl groups is 1. The van der Waals surface area contributed by atoms with E-state index in [4.69, 9.17) is 4.74 Å². The molecule has 0 radical (unpaired) electrons. The molecule has 0 aliphatic heterocycles. The lowest BCUT2D eigenvalue weighted by atomic mass is 10.1. The Hall–Kier alpha value is -0.803. The number of ether oxygens (including phenoxy) is 1. The zero-order valence-corrected chi connectivity index (χ0v) is 9.45. The van der Waals surface area contributed by atoms with Crippen LogP contribution in [0.1, 0.15) is 18.6 Å². The van der Waals surface area contributed by atoms with Crippen molar-refractivity contribution in [2.75, 3.05) is 6.23 Å². The molecule has 1 aromatic rings. The molecule has 3 heteroatoms. The van der Waals surface area contributed by atoms with Crippen LogP contribution in [0, 0.1) is 0 Å². The number of hydrogen-bond acceptors (Lipinski definition) is 2. The Labute approximate surface area is 75.6 Å².